The first kappa shape index (κ1) is 22.7. The van der Waals surface area contributed by atoms with Gasteiger partial charge in [0.25, 0.3) is 0 Å². The number of rotatable bonds is 7. The predicted molar refractivity (Wildman–Crippen MR) is 123 cm³/mol. The van der Waals surface area contributed by atoms with Gasteiger partial charge < -0.3 is 0 Å². The Kier molecular flexibility index (Phi) is 6.79. The maximum absolute atomic E-state index is 11.4. The van der Waals surface area contributed by atoms with E-state index >= 15 is 0 Å². The molecule has 30 heavy (non-hydrogen) atoms. The van der Waals surface area contributed by atoms with Crippen LogP contribution in [0.4, 0.5) is 17.1 Å². The normalized spacial score (nSPS) is 12.1. The third-order valence-electron chi connectivity index (χ3n) is 5.47. The van der Waals surface area contributed by atoms with E-state index in [1.165, 1.54) is 0 Å². The van der Waals surface area contributed by atoms with E-state index in [1.54, 1.807) is 0 Å². The van der Waals surface area contributed by atoms with E-state index < -0.39 is 15.5 Å². The fourth-order valence-corrected chi connectivity index (χ4v) is 5.56. The minimum atomic E-state index is -4.07. The van der Waals surface area contributed by atoms with Crippen molar-refractivity contribution in [3.63, 3.8) is 0 Å². The van der Waals surface area contributed by atoms with Gasteiger partial charge in [-0.15, -0.1) is 0 Å². The van der Waals surface area contributed by atoms with Crippen molar-refractivity contribution in [3.05, 3.63) is 83.4 Å². The summed E-state index contributed by atoms with van der Waals surface area (Å²) < 4.78 is 33.3. The van der Waals surface area contributed by atoms with Crippen LogP contribution in [0.25, 0.3) is 0 Å². The second-order valence-corrected chi connectivity index (χ2v) is 10.3. The SMILES string of the molecule is Nc1ccc(C(CCCS(=O)(=O)O)(c2ccc(N)cc2)c2ccc(N)c[c]2[Na])cc1. The second kappa shape index (κ2) is 8.99. The first-order valence-corrected chi connectivity index (χ1v) is 12.3. The monoisotopic (exact) mass is 433 g/mol. The van der Waals surface area contributed by atoms with E-state index in [1.807, 2.05) is 66.7 Å². The van der Waals surface area contributed by atoms with Gasteiger partial charge in [0.2, 0.25) is 0 Å². The fraction of sp³-hybridized carbons (Fsp3) is 0.182. The molecule has 0 aliphatic carbocycles. The van der Waals surface area contributed by atoms with Crippen LogP contribution in [0, 0.1) is 0 Å². The molecule has 152 valence electrons. The molecule has 0 heterocycles. The molecular formula is C22H24N3NaO3S. The van der Waals surface area contributed by atoms with Gasteiger partial charge in [0.05, 0.1) is 0 Å². The van der Waals surface area contributed by atoms with Crippen LogP contribution in [0.2, 0.25) is 0 Å². The van der Waals surface area contributed by atoms with Gasteiger partial charge in [0.15, 0.2) is 0 Å². The molecule has 0 aliphatic heterocycles. The summed E-state index contributed by atoms with van der Waals surface area (Å²) in [5.74, 6) is -0.315. The summed E-state index contributed by atoms with van der Waals surface area (Å²) in [6.45, 7) is 0. The zero-order chi connectivity index (χ0) is 21.9. The fourth-order valence-electron chi connectivity index (χ4n) is 4.12. The Morgan fingerprint density at radius 3 is 1.70 bits per heavy atom. The third kappa shape index (κ3) is 4.99. The summed E-state index contributed by atoms with van der Waals surface area (Å²) in [4.78, 5) is 0. The van der Waals surface area contributed by atoms with Crippen molar-refractivity contribution >= 4 is 57.9 Å². The van der Waals surface area contributed by atoms with Crippen molar-refractivity contribution < 1.29 is 13.0 Å². The Balaban J connectivity index is 2.29. The van der Waals surface area contributed by atoms with E-state index in [-0.39, 0.29) is 12.2 Å². The number of anilines is 3. The van der Waals surface area contributed by atoms with E-state index in [2.05, 4.69) is 0 Å². The number of benzene rings is 3. The van der Waals surface area contributed by atoms with Crippen LogP contribution < -0.4 is 20.0 Å². The van der Waals surface area contributed by atoms with Gasteiger partial charge in [-0.2, -0.15) is 0 Å². The van der Waals surface area contributed by atoms with Crippen molar-refractivity contribution in [3.8, 4) is 0 Å². The Morgan fingerprint density at radius 1 is 0.800 bits per heavy atom. The van der Waals surface area contributed by atoms with Crippen molar-refractivity contribution in [1.82, 2.24) is 0 Å². The van der Waals surface area contributed by atoms with Gasteiger partial charge in [0.1, 0.15) is 0 Å². The topological polar surface area (TPSA) is 132 Å². The summed E-state index contributed by atoms with van der Waals surface area (Å²) in [6, 6.07) is 21.1. The standard InChI is InChI=1S/C22H24N3O3S.Na/c23-19-8-2-16(3-9-19)22(14-1-15-29(26,27)28,17-4-10-20(24)11-5-17)18-6-12-21(25)13-7-18;/h2-6,8-13H,1,14-15,23-25H2,(H,26,27,28);. The van der Waals surface area contributed by atoms with Crippen LogP contribution in [0.5, 0.6) is 0 Å². The third-order valence-corrected chi connectivity index (χ3v) is 7.10. The van der Waals surface area contributed by atoms with Crippen LogP contribution in [-0.4, -0.2) is 46.7 Å². The summed E-state index contributed by atoms with van der Waals surface area (Å²) >= 11 is 0.757. The minimum absolute atomic E-state index is 0.277. The first-order chi connectivity index (χ1) is 14.1. The van der Waals surface area contributed by atoms with E-state index in [9.17, 15) is 13.0 Å². The van der Waals surface area contributed by atoms with Crippen LogP contribution in [0.1, 0.15) is 29.5 Å². The molecule has 0 aromatic heterocycles. The Bertz CT molecular complexity index is 1090. The van der Waals surface area contributed by atoms with Gasteiger partial charge in [-0.05, 0) is 0 Å². The molecule has 0 amide bonds. The average Bonchev–Trinajstić information content (AvgIpc) is 2.66. The molecule has 0 fully saturated rings. The van der Waals surface area contributed by atoms with Crippen molar-refractivity contribution in [2.45, 2.75) is 18.3 Å². The Morgan fingerprint density at radius 2 is 1.27 bits per heavy atom. The van der Waals surface area contributed by atoms with Crippen LogP contribution >= 0.6 is 0 Å². The predicted octanol–water partition coefficient (Wildman–Crippen LogP) is 2.23. The summed E-state index contributed by atoms with van der Waals surface area (Å²) in [5, 5.41) is 0. The first-order valence-electron chi connectivity index (χ1n) is 9.65. The summed E-state index contributed by atoms with van der Waals surface area (Å²) in [7, 11) is -4.07. The van der Waals surface area contributed by atoms with Crippen molar-refractivity contribution in [2.75, 3.05) is 23.0 Å². The molecule has 0 bridgehead atoms. The molecule has 0 unspecified atom stereocenters. The van der Waals surface area contributed by atoms with Crippen molar-refractivity contribution in [2.24, 2.45) is 0 Å². The van der Waals surface area contributed by atoms with Crippen LogP contribution in [-0.2, 0) is 15.5 Å². The molecule has 6 nitrogen and oxygen atoms in total. The number of hydrogen-bond acceptors (Lipinski definition) is 5. The van der Waals surface area contributed by atoms with E-state index in [0.29, 0.717) is 23.5 Å². The van der Waals surface area contributed by atoms with Gasteiger partial charge in [-0.3, -0.25) is 0 Å². The van der Waals surface area contributed by atoms with Crippen molar-refractivity contribution in [1.29, 1.82) is 0 Å². The Labute approximate surface area is 194 Å². The van der Waals surface area contributed by atoms with Gasteiger partial charge >= 0.3 is 196 Å². The molecule has 0 aliphatic rings. The molecule has 0 atom stereocenters. The molecule has 3 aromatic rings. The maximum atomic E-state index is 11.4. The second-order valence-electron chi connectivity index (χ2n) is 7.61. The molecule has 0 spiro atoms. The Hall–Kier alpha value is -2.03. The molecular weight excluding hydrogens is 409 g/mol. The van der Waals surface area contributed by atoms with Crippen LogP contribution in [0.15, 0.2) is 66.7 Å². The molecule has 7 N–H and O–H groups in total. The van der Waals surface area contributed by atoms with E-state index in [4.69, 9.17) is 17.2 Å². The number of nitrogens with two attached hydrogens (primary N) is 3. The van der Waals surface area contributed by atoms with Crippen LogP contribution in [0.3, 0.4) is 0 Å². The average molecular weight is 434 g/mol. The molecule has 0 saturated carbocycles. The van der Waals surface area contributed by atoms with Gasteiger partial charge in [-0.1, -0.05) is 0 Å². The molecule has 3 aromatic carbocycles. The molecule has 0 radical (unpaired) electrons. The quantitative estimate of drug-likeness (QED) is 0.195. The zero-order valence-electron chi connectivity index (χ0n) is 16.9. The molecule has 3 rings (SSSR count). The summed E-state index contributed by atoms with van der Waals surface area (Å²) in [5.41, 5.74) is 22.3. The van der Waals surface area contributed by atoms with Gasteiger partial charge in [0, 0.05) is 0 Å². The van der Waals surface area contributed by atoms with E-state index in [0.717, 1.165) is 47.4 Å². The number of nitrogen functional groups attached to an aromatic ring is 3. The molecule has 0 saturated heterocycles. The zero-order valence-corrected chi connectivity index (χ0v) is 19.7. The summed E-state index contributed by atoms with van der Waals surface area (Å²) in [6.07, 6.45) is 0.749. The number of hydrogen-bond donors (Lipinski definition) is 4. The van der Waals surface area contributed by atoms with Gasteiger partial charge in [-0.25, -0.2) is 0 Å². The molecule has 8 heteroatoms.